The Kier molecular flexibility index (Phi) is 7.09. The fourth-order valence-electron chi connectivity index (χ4n) is 3.17. The number of carbonyl (C=O) groups excluding carboxylic acids is 1. The normalized spacial score (nSPS) is 20.1. The maximum atomic E-state index is 14.2. The summed E-state index contributed by atoms with van der Waals surface area (Å²) < 4.78 is 47.1. The highest BCUT2D eigenvalue weighted by Gasteiger charge is 2.61. The van der Waals surface area contributed by atoms with Crippen LogP contribution in [0.5, 0.6) is 0 Å². The van der Waals surface area contributed by atoms with Gasteiger partial charge in [0.25, 0.3) is 0 Å². The van der Waals surface area contributed by atoms with Crippen molar-refractivity contribution in [2.75, 3.05) is 11.9 Å². The second-order valence-electron chi connectivity index (χ2n) is 7.18. The number of rotatable bonds is 8. The van der Waals surface area contributed by atoms with E-state index in [2.05, 4.69) is 5.32 Å². The number of carbonyl (C=O) groups is 1. The van der Waals surface area contributed by atoms with E-state index < -0.39 is 41.4 Å². The van der Waals surface area contributed by atoms with Gasteiger partial charge in [0.15, 0.2) is 11.6 Å². The van der Waals surface area contributed by atoms with E-state index in [-0.39, 0.29) is 21.7 Å². The standard InChI is InChI=1S/C19H22Cl2F3NO2/c1-4-5-6-25-17-10(16(24)12(22)8-13(17)23)9-27-18(26)15-11(7-14(20)21)19(15,2)3/h7-8,11,15,25H,4-6,9H2,1-3H3/t11-,15+/m1/s1. The number of benzene rings is 1. The summed E-state index contributed by atoms with van der Waals surface area (Å²) in [5.41, 5.74) is -0.955. The monoisotopic (exact) mass is 423 g/mol. The van der Waals surface area contributed by atoms with Crippen LogP contribution in [0.3, 0.4) is 0 Å². The molecule has 0 aromatic heterocycles. The molecule has 3 nitrogen and oxygen atoms in total. The summed E-state index contributed by atoms with van der Waals surface area (Å²) in [6.45, 7) is 5.44. The van der Waals surface area contributed by atoms with Gasteiger partial charge in [0.05, 0.1) is 17.2 Å². The van der Waals surface area contributed by atoms with Crippen molar-refractivity contribution in [1.82, 2.24) is 0 Å². The van der Waals surface area contributed by atoms with Crippen LogP contribution < -0.4 is 5.32 Å². The predicted octanol–water partition coefficient (Wildman–Crippen LogP) is 5.95. The average Bonchev–Trinajstić information content (AvgIpc) is 3.11. The SMILES string of the molecule is CCCCNc1c(F)cc(F)c(F)c1COC(=O)[C@@H]1[C@@H](C=C(Cl)Cl)C1(C)C. The summed E-state index contributed by atoms with van der Waals surface area (Å²) in [4.78, 5) is 12.4. The van der Waals surface area contributed by atoms with Gasteiger partial charge < -0.3 is 10.1 Å². The zero-order chi connectivity index (χ0) is 20.4. The predicted molar refractivity (Wildman–Crippen MR) is 100 cm³/mol. The van der Waals surface area contributed by atoms with Crippen LogP contribution >= 0.6 is 23.2 Å². The molecule has 1 saturated carbocycles. The van der Waals surface area contributed by atoms with E-state index in [9.17, 15) is 18.0 Å². The molecule has 27 heavy (non-hydrogen) atoms. The summed E-state index contributed by atoms with van der Waals surface area (Å²) >= 11 is 11.3. The molecule has 0 radical (unpaired) electrons. The van der Waals surface area contributed by atoms with E-state index in [0.29, 0.717) is 12.6 Å². The second-order valence-corrected chi connectivity index (χ2v) is 8.18. The van der Waals surface area contributed by atoms with Crippen LogP contribution in [0.25, 0.3) is 0 Å². The third kappa shape index (κ3) is 4.91. The Morgan fingerprint density at radius 2 is 1.96 bits per heavy atom. The molecular formula is C19H22Cl2F3NO2. The Bertz CT molecular complexity index is 749. The Morgan fingerprint density at radius 1 is 1.30 bits per heavy atom. The summed E-state index contributed by atoms with van der Waals surface area (Å²) in [5.74, 6) is -4.83. The lowest BCUT2D eigenvalue weighted by Gasteiger charge is -2.15. The molecule has 1 fully saturated rings. The highest BCUT2D eigenvalue weighted by atomic mass is 35.5. The largest absolute Gasteiger partial charge is 0.460 e. The van der Waals surface area contributed by atoms with Gasteiger partial charge in [0, 0.05) is 12.6 Å². The maximum absolute atomic E-state index is 14.2. The molecule has 0 amide bonds. The van der Waals surface area contributed by atoms with E-state index in [0.717, 1.165) is 12.8 Å². The van der Waals surface area contributed by atoms with Crippen molar-refractivity contribution in [3.8, 4) is 0 Å². The lowest BCUT2D eigenvalue weighted by Crippen LogP contribution is -2.15. The lowest BCUT2D eigenvalue weighted by atomic mass is 10.1. The summed E-state index contributed by atoms with van der Waals surface area (Å²) in [6, 6.07) is 0.474. The van der Waals surface area contributed by atoms with Crippen molar-refractivity contribution in [3.05, 3.63) is 39.6 Å². The summed E-state index contributed by atoms with van der Waals surface area (Å²) in [5, 5.41) is 2.75. The molecule has 2 rings (SSSR count). The van der Waals surface area contributed by atoms with Gasteiger partial charge in [-0.25, -0.2) is 13.2 Å². The third-order valence-electron chi connectivity index (χ3n) is 4.93. The molecule has 0 heterocycles. The quantitative estimate of drug-likeness (QED) is 0.318. The Labute approximate surface area is 166 Å². The molecule has 0 spiro atoms. The van der Waals surface area contributed by atoms with Gasteiger partial charge in [0.2, 0.25) is 0 Å². The van der Waals surface area contributed by atoms with E-state index in [4.69, 9.17) is 27.9 Å². The highest BCUT2D eigenvalue weighted by molar-refractivity contribution is 6.55. The number of hydrogen-bond donors (Lipinski definition) is 1. The zero-order valence-corrected chi connectivity index (χ0v) is 16.9. The van der Waals surface area contributed by atoms with Crippen molar-refractivity contribution < 1.29 is 22.7 Å². The minimum Gasteiger partial charge on any atom is -0.460 e. The van der Waals surface area contributed by atoms with Gasteiger partial charge >= 0.3 is 5.97 Å². The number of nitrogens with one attached hydrogen (secondary N) is 1. The first-order chi connectivity index (χ1) is 12.6. The van der Waals surface area contributed by atoms with Crippen molar-refractivity contribution >= 4 is 34.9 Å². The first-order valence-electron chi connectivity index (χ1n) is 8.70. The molecule has 8 heteroatoms. The fraction of sp³-hybridized carbons (Fsp3) is 0.526. The topological polar surface area (TPSA) is 38.3 Å². The molecule has 1 aromatic rings. The van der Waals surface area contributed by atoms with Gasteiger partial charge in [-0.2, -0.15) is 0 Å². The summed E-state index contributed by atoms with van der Waals surface area (Å²) in [6.07, 6.45) is 3.12. The number of ether oxygens (including phenoxy) is 1. The minimum atomic E-state index is -1.33. The molecule has 150 valence electrons. The molecule has 0 saturated heterocycles. The average molecular weight is 424 g/mol. The molecular weight excluding hydrogens is 402 g/mol. The van der Waals surface area contributed by atoms with E-state index in [1.54, 1.807) is 6.08 Å². The van der Waals surface area contributed by atoms with E-state index >= 15 is 0 Å². The Morgan fingerprint density at radius 3 is 2.56 bits per heavy atom. The van der Waals surface area contributed by atoms with Crippen LogP contribution in [-0.4, -0.2) is 12.5 Å². The van der Waals surface area contributed by atoms with Crippen LogP contribution in [-0.2, 0) is 16.1 Å². The van der Waals surface area contributed by atoms with Gasteiger partial charge in [-0.15, -0.1) is 0 Å². The van der Waals surface area contributed by atoms with E-state index in [1.807, 2.05) is 20.8 Å². The molecule has 2 atom stereocenters. The number of unbranched alkanes of at least 4 members (excludes halogenated alkanes) is 1. The third-order valence-corrected chi connectivity index (χ3v) is 5.18. The number of anilines is 1. The first kappa shape index (κ1) is 21.9. The molecule has 0 aliphatic heterocycles. The second kappa shape index (κ2) is 8.74. The smallest absolute Gasteiger partial charge is 0.310 e. The molecule has 1 aromatic carbocycles. The van der Waals surface area contributed by atoms with Crippen molar-refractivity contribution in [2.45, 2.75) is 40.2 Å². The van der Waals surface area contributed by atoms with Crippen molar-refractivity contribution in [2.24, 2.45) is 17.3 Å². The Balaban J connectivity index is 2.15. The maximum Gasteiger partial charge on any atom is 0.310 e. The van der Waals surface area contributed by atoms with Crippen molar-refractivity contribution in [1.29, 1.82) is 0 Å². The molecule has 0 bridgehead atoms. The van der Waals surface area contributed by atoms with Crippen LogP contribution in [0, 0.1) is 34.7 Å². The van der Waals surface area contributed by atoms with Crippen molar-refractivity contribution in [3.63, 3.8) is 0 Å². The lowest BCUT2D eigenvalue weighted by molar-refractivity contribution is -0.147. The van der Waals surface area contributed by atoms with Crippen LogP contribution in [0.1, 0.15) is 39.2 Å². The van der Waals surface area contributed by atoms with E-state index in [1.165, 1.54) is 0 Å². The Hall–Kier alpha value is -1.40. The number of halogens is 5. The van der Waals surface area contributed by atoms with Crippen LogP contribution in [0.2, 0.25) is 0 Å². The minimum absolute atomic E-state index is 0.0454. The van der Waals surface area contributed by atoms with Gasteiger partial charge in [-0.05, 0) is 23.8 Å². The van der Waals surface area contributed by atoms with Gasteiger partial charge in [0.1, 0.15) is 16.9 Å². The molecule has 1 aliphatic rings. The van der Waals surface area contributed by atoms with Crippen LogP contribution in [0.4, 0.5) is 18.9 Å². The molecule has 0 unspecified atom stereocenters. The number of esters is 1. The fourth-order valence-corrected chi connectivity index (χ4v) is 3.44. The van der Waals surface area contributed by atoms with Gasteiger partial charge in [-0.1, -0.05) is 50.4 Å². The zero-order valence-electron chi connectivity index (χ0n) is 15.3. The number of allylic oxidation sites excluding steroid dienone is 1. The molecule has 1 N–H and O–H groups in total. The molecule has 1 aliphatic carbocycles. The summed E-state index contributed by atoms with van der Waals surface area (Å²) in [7, 11) is 0. The van der Waals surface area contributed by atoms with Gasteiger partial charge in [-0.3, -0.25) is 4.79 Å². The highest BCUT2D eigenvalue weighted by Crippen LogP contribution is 2.60. The number of hydrogen-bond acceptors (Lipinski definition) is 3. The first-order valence-corrected chi connectivity index (χ1v) is 9.46. The van der Waals surface area contributed by atoms with Crippen LogP contribution in [0.15, 0.2) is 16.6 Å².